The number of nitrogens with zero attached hydrogens (tertiary/aromatic N) is 1. The lowest BCUT2D eigenvalue weighted by Crippen LogP contribution is -2.38. The molecule has 2 heterocycles. The topological polar surface area (TPSA) is 20.3 Å². The standard InChI is InChI=1S/C20H25NOS2/c1-15(2)24-19-5-3-16(4-6-19)13-20(22)21-10-7-17(8-11-21)18-9-12-23-14-18/h3-6,9,12,14-15,17H,7-8,10-11,13H2,1-2H3. The molecule has 24 heavy (non-hydrogen) atoms. The van der Waals surface area contributed by atoms with E-state index in [1.54, 1.807) is 11.3 Å². The second kappa shape index (κ2) is 8.21. The monoisotopic (exact) mass is 359 g/mol. The van der Waals surface area contributed by atoms with Crippen LogP contribution in [0.25, 0.3) is 0 Å². The van der Waals surface area contributed by atoms with Gasteiger partial charge in [0, 0.05) is 23.2 Å². The summed E-state index contributed by atoms with van der Waals surface area (Å²) in [5, 5.41) is 4.98. The van der Waals surface area contributed by atoms with Crippen molar-refractivity contribution in [2.45, 2.75) is 49.2 Å². The highest BCUT2D eigenvalue weighted by molar-refractivity contribution is 7.99. The number of benzene rings is 1. The summed E-state index contributed by atoms with van der Waals surface area (Å²) in [4.78, 5) is 15.9. The molecular formula is C20H25NOS2. The van der Waals surface area contributed by atoms with Crippen LogP contribution in [0.3, 0.4) is 0 Å². The van der Waals surface area contributed by atoms with Gasteiger partial charge in [0.2, 0.25) is 5.91 Å². The van der Waals surface area contributed by atoms with Crippen molar-refractivity contribution in [2.75, 3.05) is 13.1 Å². The van der Waals surface area contributed by atoms with Crippen LogP contribution in [0, 0.1) is 0 Å². The summed E-state index contributed by atoms with van der Waals surface area (Å²) in [5.41, 5.74) is 2.57. The zero-order chi connectivity index (χ0) is 16.9. The molecule has 1 aromatic carbocycles. The Balaban J connectivity index is 1.50. The maximum absolute atomic E-state index is 12.5. The third-order valence-corrected chi connectivity index (χ3v) is 6.23. The van der Waals surface area contributed by atoms with Gasteiger partial charge in [-0.15, -0.1) is 11.8 Å². The molecule has 0 N–H and O–H groups in total. The van der Waals surface area contributed by atoms with E-state index in [4.69, 9.17) is 0 Å². The minimum absolute atomic E-state index is 0.267. The summed E-state index contributed by atoms with van der Waals surface area (Å²) in [5.74, 6) is 0.899. The van der Waals surface area contributed by atoms with Crippen LogP contribution < -0.4 is 0 Å². The second-order valence-electron chi connectivity index (χ2n) is 6.70. The number of hydrogen-bond donors (Lipinski definition) is 0. The van der Waals surface area contributed by atoms with Crippen molar-refractivity contribution in [1.82, 2.24) is 4.90 Å². The molecule has 1 aliphatic heterocycles. The summed E-state index contributed by atoms with van der Waals surface area (Å²) in [6.07, 6.45) is 2.70. The Morgan fingerprint density at radius 3 is 2.50 bits per heavy atom. The molecule has 0 radical (unpaired) electrons. The molecule has 1 aromatic heterocycles. The van der Waals surface area contributed by atoms with Crippen molar-refractivity contribution in [3.8, 4) is 0 Å². The molecule has 1 saturated heterocycles. The van der Waals surface area contributed by atoms with Gasteiger partial charge in [-0.1, -0.05) is 26.0 Å². The predicted octanol–water partition coefficient (Wildman–Crippen LogP) is 5.20. The first-order chi connectivity index (χ1) is 11.6. The van der Waals surface area contributed by atoms with E-state index in [1.807, 2.05) is 16.7 Å². The lowest BCUT2D eigenvalue weighted by molar-refractivity contribution is -0.131. The summed E-state index contributed by atoms with van der Waals surface area (Å²) < 4.78 is 0. The largest absolute Gasteiger partial charge is 0.342 e. The third kappa shape index (κ3) is 4.64. The highest BCUT2D eigenvalue weighted by Gasteiger charge is 2.23. The SMILES string of the molecule is CC(C)Sc1ccc(CC(=O)N2CCC(c3ccsc3)CC2)cc1. The van der Waals surface area contributed by atoms with Crippen LogP contribution in [0.15, 0.2) is 46.0 Å². The first-order valence-electron chi connectivity index (χ1n) is 8.67. The highest BCUT2D eigenvalue weighted by Crippen LogP contribution is 2.29. The third-order valence-electron chi connectivity index (χ3n) is 4.51. The van der Waals surface area contributed by atoms with Gasteiger partial charge >= 0.3 is 0 Å². The average Bonchev–Trinajstić information content (AvgIpc) is 3.11. The van der Waals surface area contributed by atoms with Gasteiger partial charge in [0.05, 0.1) is 6.42 Å². The number of rotatable bonds is 5. The van der Waals surface area contributed by atoms with Crippen LogP contribution in [0.4, 0.5) is 0 Å². The van der Waals surface area contributed by atoms with Crippen molar-refractivity contribution in [3.63, 3.8) is 0 Å². The van der Waals surface area contributed by atoms with Crippen LogP contribution in [0.1, 0.15) is 43.7 Å². The lowest BCUT2D eigenvalue weighted by atomic mass is 9.91. The Labute approximate surface area is 153 Å². The molecule has 0 saturated carbocycles. The predicted molar refractivity (Wildman–Crippen MR) is 104 cm³/mol. The molecule has 0 spiro atoms. The van der Waals surface area contributed by atoms with Crippen molar-refractivity contribution < 1.29 is 4.79 Å². The number of carbonyl (C=O) groups excluding carboxylic acids is 1. The molecule has 0 atom stereocenters. The molecule has 0 bridgehead atoms. The van der Waals surface area contributed by atoms with E-state index < -0.39 is 0 Å². The summed E-state index contributed by atoms with van der Waals surface area (Å²) in [7, 11) is 0. The fraction of sp³-hybridized carbons (Fsp3) is 0.450. The zero-order valence-electron chi connectivity index (χ0n) is 14.4. The van der Waals surface area contributed by atoms with Crippen LogP contribution in [0.5, 0.6) is 0 Å². The Morgan fingerprint density at radius 1 is 1.21 bits per heavy atom. The molecule has 3 rings (SSSR count). The van der Waals surface area contributed by atoms with Gasteiger partial charge in [0.1, 0.15) is 0 Å². The van der Waals surface area contributed by atoms with Crippen LogP contribution in [0.2, 0.25) is 0 Å². The Kier molecular flexibility index (Phi) is 6.01. The van der Waals surface area contributed by atoms with Gasteiger partial charge in [-0.25, -0.2) is 0 Å². The van der Waals surface area contributed by atoms with E-state index in [9.17, 15) is 4.79 Å². The van der Waals surface area contributed by atoms with Gasteiger partial charge in [0.25, 0.3) is 0 Å². The fourth-order valence-electron chi connectivity index (χ4n) is 3.21. The molecule has 1 amide bonds. The second-order valence-corrected chi connectivity index (χ2v) is 9.13. The van der Waals surface area contributed by atoms with E-state index in [0.29, 0.717) is 17.6 Å². The van der Waals surface area contributed by atoms with E-state index in [0.717, 1.165) is 31.5 Å². The van der Waals surface area contributed by atoms with E-state index >= 15 is 0 Å². The summed E-state index contributed by atoms with van der Waals surface area (Å²) in [6.45, 7) is 6.17. The number of hydrogen-bond acceptors (Lipinski definition) is 3. The molecule has 0 unspecified atom stereocenters. The zero-order valence-corrected chi connectivity index (χ0v) is 16.0. The van der Waals surface area contributed by atoms with Crippen molar-refractivity contribution in [2.24, 2.45) is 0 Å². The molecule has 2 nitrogen and oxygen atoms in total. The Bertz CT molecular complexity index is 641. The molecular weight excluding hydrogens is 334 g/mol. The van der Waals surface area contributed by atoms with Crippen LogP contribution >= 0.6 is 23.1 Å². The van der Waals surface area contributed by atoms with E-state index in [1.165, 1.54) is 10.5 Å². The number of piperidine rings is 1. The number of thioether (sulfide) groups is 1. The van der Waals surface area contributed by atoms with Crippen molar-refractivity contribution in [1.29, 1.82) is 0 Å². The molecule has 0 aliphatic carbocycles. The maximum atomic E-state index is 12.5. The average molecular weight is 360 g/mol. The van der Waals surface area contributed by atoms with Gasteiger partial charge in [-0.05, 0) is 58.8 Å². The van der Waals surface area contributed by atoms with Crippen molar-refractivity contribution >= 4 is 29.0 Å². The Morgan fingerprint density at radius 2 is 1.92 bits per heavy atom. The molecule has 128 valence electrons. The summed E-state index contributed by atoms with van der Waals surface area (Å²) in [6, 6.07) is 10.7. The van der Waals surface area contributed by atoms with Crippen molar-refractivity contribution in [3.05, 3.63) is 52.2 Å². The minimum atomic E-state index is 0.267. The maximum Gasteiger partial charge on any atom is 0.226 e. The Hall–Kier alpha value is -1.26. The smallest absolute Gasteiger partial charge is 0.226 e. The van der Waals surface area contributed by atoms with Gasteiger partial charge < -0.3 is 4.90 Å². The normalized spacial score (nSPS) is 15.9. The quantitative estimate of drug-likeness (QED) is 0.684. The van der Waals surface area contributed by atoms with E-state index in [2.05, 4.69) is 54.9 Å². The number of thiophene rings is 1. The lowest BCUT2D eigenvalue weighted by Gasteiger charge is -2.32. The highest BCUT2D eigenvalue weighted by atomic mass is 32.2. The fourth-order valence-corrected chi connectivity index (χ4v) is 4.79. The molecule has 2 aromatic rings. The number of likely N-dealkylation sites (tertiary alicyclic amines) is 1. The van der Waals surface area contributed by atoms with E-state index in [-0.39, 0.29) is 5.91 Å². The first-order valence-corrected chi connectivity index (χ1v) is 10.5. The number of carbonyl (C=O) groups is 1. The van der Waals surface area contributed by atoms with Gasteiger partial charge in [-0.2, -0.15) is 11.3 Å². The van der Waals surface area contributed by atoms with Crippen LogP contribution in [-0.2, 0) is 11.2 Å². The molecule has 1 aliphatic rings. The summed E-state index contributed by atoms with van der Waals surface area (Å²) >= 11 is 3.62. The molecule has 4 heteroatoms. The van der Waals surface area contributed by atoms with Crippen LogP contribution in [-0.4, -0.2) is 29.1 Å². The first kappa shape index (κ1) is 17.6. The minimum Gasteiger partial charge on any atom is -0.342 e. The molecule has 1 fully saturated rings. The van der Waals surface area contributed by atoms with Gasteiger partial charge in [0.15, 0.2) is 0 Å². The number of amides is 1. The van der Waals surface area contributed by atoms with Gasteiger partial charge in [-0.3, -0.25) is 4.79 Å².